The zero-order chi connectivity index (χ0) is 11.7. The van der Waals surface area contributed by atoms with E-state index >= 15 is 0 Å². The quantitative estimate of drug-likeness (QED) is 0.890. The van der Waals surface area contributed by atoms with E-state index in [9.17, 15) is 0 Å². The molecule has 1 atom stereocenters. The Morgan fingerprint density at radius 3 is 2.94 bits per heavy atom. The molecule has 1 aromatic carbocycles. The first kappa shape index (κ1) is 11.3. The highest BCUT2D eigenvalue weighted by atomic mass is 35.5. The van der Waals surface area contributed by atoms with Crippen LogP contribution in [0.1, 0.15) is 20.3 Å². The molecule has 0 fully saturated rings. The molecule has 0 saturated carbocycles. The van der Waals surface area contributed by atoms with Crippen LogP contribution in [-0.2, 0) is 6.54 Å². The predicted molar refractivity (Wildman–Crippen MR) is 68.6 cm³/mol. The van der Waals surface area contributed by atoms with Gasteiger partial charge in [0.15, 0.2) is 0 Å². The van der Waals surface area contributed by atoms with Gasteiger partial charge < -0.3 is 10.3 Å². The number of anilines is 1. The van der Waals surface area contributed by atoms with Gasteiger partial charge in [-0.15, -0.1) is 0 Å². The molecule has 1 unspecified atom stereocenters. The molecule has 0 amide bonds. The van der Waals surface area contributed by atoms with Gasteiger partial charge in [0.25, 0.3) is 0 Å². The number of nitrogen functional groups attached to an aromatic ring is 1. The van der Waals surface area contributed by atoms with Crippen LogP contribution in [0.2, 0.25) is 5.02 Å². The molecule has 0 spiro atoms. The Labute approximate surface area is 100 Å². The summed E-state index contributed by atoms with van der Waals surface area (Å²) in [5.74, 6) is 1.15. The molecule has 0 aliphatic heterocycles. The van der Waals surface area contributed by atoms with Crippen molar-refractivity contribution < 1.29 is 0 Å². The van der Waals surface area contributed by atoms with Gasteiger partial charge in [0.05, 0.1) is 11.0 Å². The number of hydrogen-bond acceptors (Lipinski definition) is 2. The Morgan fingerprint density at radius 2 is 2.25 bits per heavy atom. The average Bonchev–Trinajstić information content (AvgIpc) is 2.55. The van der Waals surface area contributed by atoms with Crippen LogP contribution in [0.15, 0.2) is 18.2 Å². The molecule has 2 aromatic rings. The van der Waals surface area contributed by atoms with Crippen molar-refractivity contribution in [1.29, 1.82) is 0 Å². The lowest BCUT2D eigenvalue weighted by Crippen LogP contribution is -2.09. The predicted octanol–water partition coefficient (Wildman–Crippen LogP) is 3.32. The molecule has 3 nitrogen and oxygen atoms in total. The molecule has 0 bridgehead atoms. The number of aromatic nitrogens is 2. The van der Waals surface area contributed by atoms with E-state index in [2.05, 4.69) is 18.8 Å². The van der Waals surface area contributed by atoms with Gasteiger partial charge in [-0.1, -0.05) is 31.9 Å². The third-order valence-electron chi connectivity index (χ3n) is 2.93. The minimum absolute atomic E-state index is 0.567. The molecule has 86 valence electrons. The van der Waals surface area contributed by atoms with Gasteiger partial charge in [-0.25, -0.2) is 4.98 Å². The fourth-order valence-corrected chi connectivity index (χ4v) is 1.91. The monoisotopic (exact) mass is 237 g/mol. The van der Waals surface area contributed by atoms with Gasteiger partial charge in [0, 0.05) is 11.6 Å². The maximum absolute atomic E-state index is 5.99. The van der Waals surface area contributed by atoms with Crippen LogP contribution in [0.25, 0.3) is 11.0 Å². The van der Waals surface area contributed by atoms with Gasteiger partial charge >= 0.3 is 0 Å². The smallest absolute Gasteiger partial charge is 0.201 e. The second-order valence-corrected chi connectivity index (χ2v) is 4.66. The molecule has 0 saturated heterocycles. The van der Waals surface area contributed by atoms with Crippen molar-refractivity contribution in [1.82, 2.24) is 9.55 Å². The molecule has 0 aliphatic carbocycles. The fourth-order valence-electron chi connectivity index (χ4n) is 1.75. The lowest BCUT2D eigenvalue weighted by atomic mass is 10.1. The summed E-state index contributed by atoms with van der Waals surface area (Å²) in [5, 5.41) is 0.720. The number of nitrogens with two attached hydrogens (primary N) is 1. The second kappa shape index (κ2) is 4.34. The number of fused-ring (bicyclic) bond motifs is 1. The zero-order valence-electron chi connectivity index (χ0n) is 9.57. The number of benzene rings is 1. The van der Waals surface area contributed by atoms with Crippen LogP contribution in [0.4, 0.5) is 5.95 Å². The van der Waals surface area contributed by atoms with Crippen LogP contribution < -0.4 is 5.73 Å². The van der Waals surface area contributed by atoms with E-state index < -0.39 is 0 Å². The molecule has 1 aromatic heterocycles. The largest absolute Gasteiger partial charge is 0.369 e. The third kappa shape index (κ3) is 2.00. The lowest BCUT2D eigenvalue weighted by Gasteiger charge is -2.11. The summed E-state index contributed by atoms with van der Waals surface area (Å²) in [7, 11) is 0. The fraction of sp³-hybridized carbons (Fsp3) is 0.417. The van der Waals surface area contributed by atoms with Gasteiger partial charge in [0.2, 0.25) is 5.95 Å². The summed E-state index contributed by atoms with van der Waals surface area (Å²) in [5.41, 5.74) is 7.84. The number of halogens is 1. The summed E-state index contributed by atoms with van der Waals surface area (Å²) in [6, 6.07) is 5.66. The molecule has 1 heterocycles. The molecule has 16 heavy (non-hydrogen) atoms. The maximum Gasteiger partial charge on any atom is 0.201 e. The number of imidazole rings is 1. The molecule has 2 N–H and O–H groups in total. The topological polar surface area (TPSA) is 43.8 Å². The molecule has 0 radical (unpaired) electrons. The van der Waals surface area contributed by atoms with Crippen LogP contribution in [-0.4, -0.2) is 9.55 Å². The molecule has 2 rings (SSSR count). The molecular formula is C12H16ClN3. The Morgan fingerprint density at radius 1 is 1.50 bits per heavy atom. The van der Waals surface area contributed by atoms with Crippen molar-refractivity contribution in [3.8, 4) is 0 Å². The summed E-state index contributed by atoms with van der Waals surface area (Å²) in [4.78, 5) is 4.32. The standard InChI is InChI=1S/C12H16ClN3/c1-3-8(2)7-16-11-6-9(13)4-5-10(11)15-12(16)14/h4-6,8H,3,7H2,1-2H3,(H2,14,15). The highest BCUT2D eigenvalue weighted by Crippen LogP contribution is 2.23. The first-order valence-electron chi connectivity index (χ1n) is 5.53. The maximum atomic E-state index is 5.99. The zero-order valence-corrected chi connectivity index (χ0v) is 10.3. The number of rotatable bonds is 3. The van der Waals surface area contributed by atoms with Gasteiger partial charge in [0.1, 0.15) is 0 Å². The van der Waals surface area contributed by atoms with Gasteiger partial charge in [-0.3, -0.25) is 0 Å². The van der Waals surface area contributed by atoms with Crippen LogP contribution in [0.5, 0.6) is 0 Å². The minimum Gasteiger partial charge on any atom is -0.369 e. The Balaban J connectivity index is 2.50. The van der Waals surface area contributed by atoms with E-state index in [1.165, 1.54) is 0 Å². The van der Waals surface area contributed by atoms with E-state index in [1.54, 1.807) is 0 Å². The van der Waals surface area contributed by atoms with E-state index in [0.717, 1.165) is 29.0 Å². The number of hydrogen-bond donors (Lipinski definition) is 1. The summed E-state index contributed by atoms with van der Waals surface area (Å²) >= 11 is 5.99. The summed E-state index contributed by atoms with van der Waals surface area (Å²) in [6.07, 6.45) is 1.12. The normalized spacial score (nSPS) is 13.2. The van der Waals surface area contributed by atoms with Gasteiger partial charge in [-0.05, 0) is 24.1 Å². The lowest BCUT2D eigenvalue weighted by molar-refractivity contribution is 0.479. The van der Waals surface area contributed by atoms with E-state index in [0.29, 0.717) is 11.9 Å². The third-order valence-corrected chi connectivity index (χ3v) is 3.17. The Bertz CT molecular complexity index is 504. The Hall–Kier alpha value is -1.22. The number of nitrogens with zero attached hydrogens (tertiary/aromatic N) is 2. The van der Waals surface area contributed by atoms with Gasteiger partial charge in [-0.2, -0.15) is 0 Å². The van der Waals surface area contributed by atoms with Crippen LogP contribution in [0, 0.1) is 5.92 Å². The van der Waals surface area contributed by atoms with E-state index in [1.807, 2.05) is 22.8 Å². The average molecular weight is 238 g/mol. The molecule has 4 heteroatoms. The van der Waals surface area contributed by atoms with Crippen molar-refractivity contribution in [2.45, 2.75) is 26.8 Å². The van der Waals surface area contributed by atoms with Crippen molar-refractivity contribution in [3.63, 3.8) is 0 Å². The first-order chi connectivity index (χ1) is 7.61. The van der Waals surface area contributed by atoms with E-state index in [4.69, 9.17) is 17.3 Å². The minimum atomic E-state index is 0.567. The summed E-state index contributed by atoms with van der Waals surface area (Å²) in [6.45, 7) is 5.27. The van der Waals surface area contributed by atoms with Crippen molar-refractivity contribution in [3.05, 3.63) is 23.2 Å². The van der Waals surface area contributed by atoms with E-state index in [-0.39, 0.29) is 0 Å². The first-order valence-corrected chi connectivity index (χ1v) is 5.91. The van der Waals surface area contributed by atoms with Crippen molar-refractivity contribution >= 4 is 28.6 Å². The van der Waals surface area contributed by atoms with Crippen LogP contribution in [0.3, 0.4) is 0 Å². The van der Waals surface area contributed by atoms with Crippen molar-refractivity contribution in [2.75, 3.05) is 5.73 Å². The van der Waals surface area contributed by atoms with Crippen LogP contribution >= 0.6 is 11.6 Å². The Kier molecular flexibility index (Phi) is 3.06. The second-order valence-electron chi connectivity index (χ2n) is 4.23. The highest BCUT2D eigenvalue weighted by Gasteiger charge is 2.10. The molecular weight excluding hydrogens is 222 g/mol. The highest BCUT2D eigenvalue weighted by molar-refractivity contribution is 6.31. The molecule has 0 aliphatic rings. The van der Waals surface area contributed by atoms with Crippen molar-refractivity contribution in [2.24, 2.45) is 5.92 Å². The summed E-state index contributed by atoms with van der Waals surface area (Å²) < 4.78 is 2.04. The SMILES string of the molecule is CCC(C)Cn1c(N)nc2ccc(Cl)cc21.